The predicted octanol–water partition coefficient (Wildman–Crippen LogP) is 4.43. The SMILES string of the molecule is Cc1ccccc1-c1cccc(-c2cnccn2)c1C. The Hall–Kier alpha value is -2.48. The fourth-order valence-corrected chi connectivity index (χ4v) is 2.52. The van der Waals surface area contributed by atoms with E-state index in [4.69, 9.17) is 0 Å². The van der Waals surface area contributed by atoms with Gasteiger partial charge in [-0.2, -0.15) is 0 Å². The Morgan fingerprint density at radius 2 is 1.50 bits per heavy atom. The van der Waals surface area contributed by atoms with Gasteiger partial charge < -0.3 is 0 Å². The van der Waals surface area contributed by atoms with Gasteiger partial charge in [0.15, 0.2) is 0 Å². The molecule has 0 aliphatic rings. The van der Waals surface area contributed by atoms with Crippen molar-refractivity contribution in [3.8, 4) is 22.4 Å². The minimum Gasteiger partial charge on any atom is -0.261 e. The predicted molar refractivity (Wildman–Crippen MR) is 82.4 cm³/mol. The Balaban J connectivity index is 2.19. The van der Waals surface area contributed by atoms with Crippen molar-refractivity contribution in [2.45, 2.75) is 13.8 Å². The molecule has 20 heavy (non-hydrogen) atoms. The minimum atomic E-state index is 0.917. The van der Waals surface area contributed by atoms with Crippen LogP contribution in [0.1, 0.15) is 11.1 Å². The van der Waals surface area contributed by atoms with Gasteiger partial charge in [-0.3, -0.25) is 9.97 Å². The summed E-state index contributed by atoms with van der Waals surface area (Å²) >= 11 is 0. The zero-order valence-electron chi connectivity index (χ0n) is 11.7. The Morgan fingerprint density at radius 1 is 0.750 bits per heavy atom. The Labute approximate surface area is 119 Å². The second kappa shape index (κ2) is 5.25. The molecule has 0 N–H and O–H groups in total. The molecule has 3 aromatic rings. The van der Waals surface area contributed by atoms with E-state index in [1.807, 2.05) is 6.20 Å². The molecule has 0 fully saturated rings. The zero-order valence-corrected chi connectivity index (χ0v) is 11.7. The van der Waals surface area contributed by atoms with Crippen LogP contribution in [0.4, 0.5) is 0 Å². The molecule has 3 rings (SSSR count). The summed E-state index contributed by atoms with van der Waals surface area (Å²) in [6.45, 7) is 4.29. The van der Waals surface area contributed by atoms with E-state index >= 15 is 0 Å². The largest absolute Gasteiger partial charge is 0.261 e. The van der Waals surface area contributed by atoms with Crippen LogP contribution in [0.3, 0.4) is 0 Å². The zero-order chi connectivity index (χ0) is 13.9. The number of nitrogens with zero attached hydrogens (tertiary/aromatic N) is 2. The minimum absolute atomic E-state index is 0.917. The van der Waals surface area contributed by atoms with Crippen molar-refractivity contribution < 1.29 is 0 Å². The summed E-state index contributed by atoms with van der Waals surface area (Å²) in [5, 5.41) is 0. The average Bonchev–Trinajstić information content (AvgIpc) is 2.49. The summed E-state index contributed by atoms with van der Waals surface area (Å²) in [7, 11) is 0. The van der Waals surface area contributed by atoms with Gasteiger partial charge >= 0.3 is 0 Å². The molecule has 0 amide bonds. The maximum Gasteiger partial charge on any atom is 0.0888 e. The molecule has 0 saturated carbocycles. The number of benzene rings is 2. The van der Waals surface area contributed by atoms with Gasteiger partial charge in [-0.15, -0.1) is 0 Å². The quantitative estimate of drug-likeness (QED) is 0.681. The van der Waals surface area contributed by atoms with Crippen LogP contribution in [0.5, 0.6) is 0 Å². The van der Waals surface area contributed by atoms with E-state index in [2.05, 4.69) is 66.3 Å². The van der Waals surface area contributed by atoms with Gasteiger partial charge in [-0.05, 0) is 36.1 Å². The Kier molecular flexibility index (Phi) is 3.30. The molecular weight excluding hydrogens is 244 g/mol. The molecule has 0 atom stereocenters. The number of hydrogen-bond donors (Lipinski definition) is 0. The van der Waals surface area contributed by atoms with Crippen LogP contribution in [-0.2, 0) is 0 Å². The van der Waals surface area contributed by atoms with E-state index in [0.29, 0.717) is 0 Å². The van der Waals surface area contributed by atoms with Crippen molar-refractivity contribution in [2.75, 3.05) is 0 Å². The van der Waals surface area contributed by atoms with Crippen LogP contribution < -0.4 is 0 Å². The first-order valence-corrected chi connectivity index (χ1v) is 6.69. The van der Waals surface area contributed by atoms with Crippen LogP contribution in [0.15, 0.2) is 61.1 Å². The van der Waals surface area contributed by atoms with Crippen LogP contribution in [0.25, 0.3) is 22.4 Å². The standard InChI is InChI=1S/C18H16N2/c1-13-6-3-4-7-15(13)16-8-5-9-17(14(16)2)18-12-19-10-11-20-18/h3-12H,1-2H3. The van der Waals surface area contributed by atoms with E-state index in [0.717, 1.165) is 11.3 Å². The summed E-state index contributed by atoms with van der Waals surface area (Å²) in [5.41, 5.74) is 7.11. The molecule has 0 aliphatic heterocycles. The highest BCUT2D eigenvalue weighted by atomic mass is 14.8. The molecule has 0 spiro atoms. The molecule has 2 nitrogen and oxygen atoms in total. The summed E-state index contributed by atoms with van der Waals surface area (Å²) in [4.78, 5) is 8.56. The third kappa shape index (κ3) is 2.21. The summed E-state index contributed by atoms with van der Waals surface area (Å²) < 4.78 is 0. The van der Waals surface area contributed by atoms with Gasteiger partial charge in [0.05, 0.1) is 11.9 Å². The van der Waals surface area contributed by atoms with Gasteiger partial charge in [0.2, 0.25) is 0 Å². The lowest BCUT2D eigenvalue weighted by Crippen LogP contribution is -1.92. The maximum atomic E-state index is 4.40. The highest BCUT2D eigenvalue weighted by molar-refractivity contribution is 5.78. The van der Waals surface area contributed by atoms with Gasteiger partial charge in [0.1, 0.15) is 0 Å². The number of rotatable bonds is 2. The molecule has 0 bridgehead atoms. The van der Waals surface area contributed by atoms with Crippen molar-refractivity contribution in [2.24, 2.45) is 0 Å². The third-order valence-electron chi connectivity index (χ3n) is 3.61. The lowest BCUT2D eigenvalue weighted by Gasteiger charge is -2.13. The molecule has 1 aromatic heterocycles. The first-order chi connectivity index (χ1) is 9.77. The van der Waals surface area contributed by atoms with E-state index in [9.17, 15) is 0 Å². The fourth-order valence-electron chi connectivity index (χ4n) is 2.52. The normalized spacial score (nSPS) is 10.5. The van der Waals surface area contributed by atoms with Gasteiger partial charge in [0.25, 0.3) is 0 Å². The summed E-state index contributed by atoms with van der Waals surface area (Å²) in [6.07, 6.45) is 5.24. The van der Waals surface area contributed by atoms with E-state index < -0.39 is 0 Å². The second-order valence-corrected chi connectivity index (χ2v) is 4.88. The van der Waals surface area contributed by atoms with Gasteiger partial charge in [0, 0.05) is 18.0 Å². The van der Waals surface area contributed by atoms with Crippen molar-refractivity contribution in [1.82, 2.24) is 9.97 Å². The molecule has 0 aliphatic carbocycles. The van der Waals surface area contributed by atoms with E-state index in [1.54, 1.807) is 12.4 Å². The average molecular weight is 260 g/mol. The highest BCUT2D eigenvalue weighted by Crippen LogP contribution is 2.32. The van der Waals surface area contributed by atoms with Gasteiger partial charge in [-0.25, -0.2) is 0 Å². The smallest absolute Gasteiger partial charge is 0.0888 e. The molecule has 0 unspecified atom stereocenters. The molecule has 0 radical (unpaired) electrons. The third-order valence-corrected chi connectivity index (χ3v) is 3.61. The Bertz CT molecular complexity index is 733. The first-order valence-electron chi connectivity index (χ1n) is 6.69. The molecule has 0 saturated heterocycles. The van der Waals surface area contributed by atoms with Crippen molar-refractivity contribution in [3.05, 3.63) is 72.2 Å². The van der Waals surface area contributed by atoms with Gasteiger partial charge in [-0.1, -0.05) is 42.5 Å². The number of aryl methyl sites for hydroxylation is 1. The van der Waals surface area contributed by atoms with Crippen LogP contribution in [0, 0.1) is 13.8 Å². The second-order valence-electron chi connectivity index (χ2n) is 4.88. The molecule has 98 valence electrons. The van der Waals surface area contributed by atoms with Crippen molar-refractivity contribution in [1.29, 1.82) is 0 Å². The number of aromatic nitrogens is 2. The molecule has 2 aromatic carbocycles. The fraction of sp³-hybridized carbons (Fsp3) is 0.111. The summed E-state index contributed by atoms with van der Waals surface area (Å²) in [5.74, 6) is 0. The lowest BCUT2D eigenvalue weighted by atomic mass is 9.93. The highest BCUT2D eigenvalue weighted by Gasteiger charge is 2.10. The lowest BCUT2D eigenvalue weighted by molar-refractivity contribution is 1.20. The van der Waals surface area contributed by atoms with Crippen molar-refractivity contribution in [3.63, 3.8) is 0 Å². The summed E-state index contributed by atoms with van der Waals surface area (Å²) in [6, 6.07) is 14.8. The Morgan fingerprint density at radius 3 is 2.25 bits per heavy atom. The molecule has 1 heterocycles. The van der Waals surface area contributed by atoms with Crippen molar-refractivity contribution >= 4 is 0 Å². The van der Waals surface area contributed by atoms with Crippen LogP contribution in [0.2, 0.25) is 0 Å². The van der Waals surface area contributed by atoms with Crippen LogP contribution >= 0.6 is 0 Å². The topological polar surface area (TPSA) is 25.8 Å². The molecular formula is C18H16N2. The first kappa shape index (κ1) is 12.5. The van der Waals surface area contributed by atoms with Crippen LogP contribution in [-0.4, -0.2) is 9.97 Å². The molecule has 2 heteroatoms. The maximum absolute atomic E-state index is 4.40. The van der Waals surface area contributed by atoms with E-state index in [1.165, 1.54) is 22.3 Å². The van der Waals surface area contributed by atoms with E-state index in [-0.39, 0.29) is 0 Å². The monoisotopic (exact) mass is 260 g/mol. The number of hydrogen-bond acceptors (Lipinski definition) is 2.